The summed E-state index contributed by atoms with van der Waals surface area (Å²) in [5.41, 5.74) is 0. The highest BCUT2D eigenvalue weighted by molar-refractivity contribution is 7.92. The number of fused-ring (bicyclic) bond motifs is 1. The maximum absolute atomic E-state index is 13.0. The van der Waals surface area contributed by atoms with Gasteiger partial charge in [0, 0.05) is 24.2 Å². The van der Waals surface area contributed by atoms with Gasteiger partial charge in [0.2, 0.25) is 9.84 Å². The number of hydrogen-bond donors (Lipinski definition) is 2. The zero-order valence-corrected chi connectivity index (χ0v) is 13.0. The molecule has 3 rings (SSSR count). The molecule has 2 aromatic rings. The smallest absolute Gasteiger partial charge is 0.213 e. The van der Waals surface area contributed by atoms with Crippen LogP contribution < -0.4 is 10.6 Å². The van der Waals surface area contributed by atoms with Gasteiger partial charge in [0.15, 0.2) is 5.03 Å². The van der Waals surface area contributed by atoms with Gasteiger partial charge in [0.05, 0.1) is 5.92 Å². The second kappa shape index (κ2) is 5.69. The molecule has 1 aromatic heterocycles. The third-order valence-corrected chi connectivity index (χ3v) is 6.10. The van der Waals surface area contributed by atoms with Crippen LogP contribution in [0.2, 0.25) is 0 Å². The van der Waals surface area contributed by atoms with Crippen LogP contribution in [0.5, 0.6) is 0 Å². The van der Waals surface area contributed by atoms with Gasteiger partial charge in [-0.15, -0.1) is 6.42 Å². The quantitative estimate of drug-likeness (QED) is 0.819. The molecule has 1 aliphatic rings. The Hall–Kier alpha value is -1.94. The van der Waals surface area contributed by atoms with Gasteiger partial charge in [0.1, 0.15) is 5.37 Å². The van der Waals surface area contributed by atoms with Crippen LogP contribution in [0.15, 0.2) is 41.6 Å². The Kier molecular flexibility index (Phi) is 3.87. The number of aromatic nitrogens is 1. The normalized spacial score (nSPS) is 25.2. The molecule has 0 radical (unpaired) electrons. The fourth-order valence-corrected chi connectivity index (χ4v) is 4.85. The largest absolute Gasteiger partial charge is 0.314 e. The maximum Gasteiger partial charge on any atom is 0.213 e. The number of rotatable bonds is 3. The van der Waals surface area contributed by atoms with Crippen LogP contribution in [0.1, 0.15) is 0 Å². The molecule has 1 aliphatic heterocycles. The Morgan fingerprint density at radius 2 is 2.14 bits per heavy atom. The van der Waals surface area contributed by atoms with E-state index in [-0.39, 0.29) is 11.1 Å². The molecule has 5 nitrogen and oxygen atoms in total. The number of nitrogens with one attached hydrogen (secondary N) is 2. The van der Waals surface area contributed by atoms with E-state index in [4.69, 9.17) is 6.42 Å². The monoisotopic (exact) mass is 315 g/mol. The van der Waals surface area contributed by atoms with Gasteiger partial charge >= 0.3 is 0 Å². The van der Waals surface area contributed by atoms with Crippen molar-refractivity contribution in [3.63, 3.8) is 0 Å². The molecule has 1 aromatic carbocycles. The van der Waals surface area contributed by atoms with Crippen molar-refractivity contribution in [3.8, 4) is 12.3 Å². The maximum atomic E-state index is 13.0. The molecule has 0 bridgehead atoms. The van der Waals surface area contributed by atoms with Crippen molar-refractivity contribution in [2.45, 2.75) is 16.4 Å². The summed E-state index contributed by atoms with van der Waals surface area (Å²) < 4.78 is 26.1. The minimum atomic E-state index is -3.67. The SMILES string of the molecule is C#CC1C(NC)CNC1S(=O)(=O)c1nccc2ccccc12. The molecule has 0 amide bonds. The van der Waals surface area contributed by atoms with Crippen molar-refractivity contribution < 1.29 is 8.42 Å². The molecule has 0 saturated carbocycles. The Morgan fingerprint density at radius 3 is 2.86 bits per heavy atom. The van der Waals surface area contributed by atoms with E-state index < -0.39 is 21.1 Å². The summed E-state index contributed by atoms with van der Waals surface area (Å²) in [5.74, 6) is 2.17. The summed E-state index contributed by atoms with van der Waals surface area (Å²) in [7, 11) is -1.89. The first kappa shape index (κ1) is 15.0. The third-order valence-electron chi connectivity index (χ3n) is 4.10. The Morgan fingerprint density at radius 1 is 1.36 bits per heavy atom. The lowest BCUT2D eigenvalue weighted by atomic mass is 10.1. The molecule has 1 fully saturated rings. The van der Waals surface area contributed by atoms with Crippen LogP contribution in [0, 0.1) is 18.3 Å². The fourth-order valence-electron chi connectivity index (χ4n) is 2.93. The Bertz CT molecular complexity index is 837. The fraction of sp³-hybridized carbons (Fsp3) is 0.312. The van der Waals surface area contributed by atoms with E-state index >= 15 is 0 Å². The lowest BCUT2D eigenvalue weighted by molar-refractivity contribution is 0.512. The highest BCUT2D eigenvalue weighted by Crippen LogP contribution is 2.29. The van der Waals surface area contributed by atoms with Crippen molar-refractivity contribution in [1.82, 2.24) is 15.6 Å². The number of likely N-dealkylation sites (N-methyl/N-ethyl adjacent to an activating group) is 1. The van der Waals surface area contributed by atoms with E-state index in [1.807, 2.05) is 12.1 Å². The minimum Gasteiger partial charge on any atom is -0.314 e. The van der Waals surface area contributed by atoms with Gasteiger partial charge in [-0.1, -0.05) is 30.2 Å². The first-order chi connectivity index (χ1) is 10.6. The van der Waals surface area contributed by atoms with Gasteiger partial charge < -0.3 is 5.32 Å². The second-order valence-corrected chi connectivity index (χ2v) is 7.28. The summed E-state index contributed by atoms with van der Waals surface area (Å²) in [6, 6.07) is 9.04. The Balaban J connectivity index is 2.12. The number of hydrogen-bond acceptors (Lipinski definition) is 5. The van der Waals surface area contributed by atoms with Crippen LogP contribution in [0.3, 0.4) is 0 Å². The molecule has 6 heteroatoms. The number of pyridine rings is 1. The van der Waals surface area contributed by atoms with E-state index in [1.54, 1.807) is 25.2 Å². The minimum absolute atomic E-state index is 0.0697. The van der Waals surface area contributed by atoms with Crippen LogP contribution in [-0.4, -0.2) is 38.4 Å². The predicted molar refractivity (Wildman–Crippen MR) is 85.9 cm³/mol. The zero-order valence-electron chi connectivity index (χ0n) is 12.2. The van der Waals surface area contributed by atoms with E-state index in [0.717, 1.165) is 5.39 Å². The van der Waals surface area contributed by atoms with Gasteiger partial charge in [-0.2, -0.15) is 0 Å². The number of benzene rings is 1. The molecule has 1 saturated heterocycles. The first-order valence-electron chi connectivity index (χ1n) is 7.04. The van der Waals surface area contributed by atoms with Crippen LogP contribution in [0.25, 0.3) is 10.8 Å². The molecule has 0 spiro atoms. The molecule has 22 heavy (non-hydrogen) atoms. The molecular formula is C16H17N3O2S. The summed E-state index contributed by atoms with van der Waals surface area (Å²) in [6.07, 6.45) is 7.08. The number of sulfone groups is 1. The third kappa shape index (κ3) is 2.28. The molecule has 114 valence electrons. The summed E-state index contributed by atoms with van der Waals surface area (Å²) in [4.78, 5) is 4.13. The van der Waals surface area contributed by atoms with E-state index in [9.17, 15) is 8.42 Å². The molecule has 2 heterocycles. The van der Waals surface area contributed by atoms with Crippen LogP contribution in [0.4, 0.5) is 0 Å². The van der Waals surface area contributed by atoms with Crippen LogP contribution >= 0.6 is 0 Å². The zero-order chi connectivity index (χ0) is 15.7. The van der Waals surface area contributed by atoms with Crippen molar-refractivity contribution in [2.24, 2.45) is 5.92 Å². The summed E-state index contributed by atoms with van der Waals surface area (Å²) in [6.45, 7) is 0.514. The Labute approximate surface area is 130 Å². The van der Waals surface area contributed by atoms with Gasteiger partial charge in [-0.3, -0.25) is 5.32 Å². The highest BCUT2D eigenvalue weighted by Gasteiger charge is 2.43. The predicted octanol–water partition coefficient (Wildman–Crippen LogP) is 0.775. The van der Waals surface area contributed by atoms with Gasteiger partial charge in [-0.05, 0) is 18.5 Å². The molecule has 0 aliphatic carbocycles. The van der Waals surface area contributed by atoms with Crippen molar-refractivity contribution in [2.75, 3.05) is 13.6 Å². The highest BCUT2D eigenvalue weighted by atomic mass is 32.2. The van der Waals surface area contributed by atoms with Crippen molar-refractivity contribution >= 4 is 20.6 Å². The van der Waals surface area contributed by atoms with Crippen LogP contribution in [-0.2, 0) is 9.84 Å². The number of nitrogens with zero attached hydrogens (tertiary/aromatic N) is 1. The first-order valence-corrected chi connectivity index (χ1v) is 8.58. The van der Waals surface area contributed by atoms with Gasteiger partial charge in [0.25, 0.3) is 0 Å². The lowest BCUT2D eigenvalue weighted by Gasteiger charge is -2.19. The summed E-state index contributed by atoms with van der Waals surface area (Å²) in [5, 5.41) is 6.82. The molecule has 2 N–H and O–H groups in total. The average molecular weight is 315 g/mol. The standard InChI is InChI=1S/C16H17N3O2S/c1-3-12-14(17-2)10-19-15(12)22(20,21)16-13-7-5-4-6-11(13)8-9-18-16/h1,4-9,12,14-15,17,19H,10H2,2H3. The van der Waals surface area contributed by atoms with Gasteiger partial charge in [-0.25, -0.2) is 13.4 Å². The lowest BCUT2D eigenvalue weighted by Crippen LogP contribution is -2.38. The molecule has 3 unspecified atom stereocenters. The van der Waals surface area contributed by atoms with E-state index in [2.05, 4.69) is 21.5 Å². The van der Waals surface area contributed by atoms with Crippen molar-refractivity contribution in [1.29, 1.82) is 0 Å². The second-order valence-electron chi connectivity index (χ2n) is 5.30. The molecular weight excluding hydrogens is 298 g/mol. The van der Waals surface area contributed by atoms with E-state index in [1.165, 1.54) is 6.20 Å². The summed E-state index contributed by atoms with van der Waals surface area (Å²) >= 11 is 0. The van der Waals surface area contributed by atoms with Crippen molar-refractivity contribution in [3.05, 3.63) is 36.5 Å². The number of terminal acetylenes is 1. The average Bonchev–Trinajstić information content (AvgIpc) is 2.98. The van der Waals surface area contributed by atoms with E-state index in [0.29, 0.717) is 11.9 Å². The molecule has 3 atom stereocenters. The topological polar surface area (TPSA) is 71.1 Å².